The van der Waals surface area contributed by atoms with Crippen LogP contribution in [0.5, 0.6) is 0 Å². The molecule has 2 amide bonds. The number of rotatable bonds is 3. The quantitative estimate of drug-likeness (QED) is 0.718. The molecule has 1 heterocycles. The molecule has 1 aromatic carbocycles. The standard InChI is InChI=1S/C12H10FNO2/c13-10-3-1-2-9(8-10)6-7-14-11(15)4-5-12(14)16/h1-5,8H,6-7H2. The fraction of sp³-hybridized carbons (Fsp3) is 0.167. The summed E-state index contributed by atoms with van der Waals surface area (Å²) < 4.78 is 12.9. The molecule has 0 N–H and O–H groups in total. The maximum absolute atomic E-state index is 12.9. The molecule has 0 aliphatic carbocycles. The van der Waals surface area contributed by atoms with E-state index in [-0.39, 0.29) is 24.2 Å². The number of hydrogen-bond donors (Lipinski definition) is 0. The van der Waals surface area contributed by atoms with Gasteiger partial charge in [0, 0.05) is 18.7 Å². The summed E-state index contributed by atoms with van der Waals surface area (Å²) in [6.07, 6.45) is 2.96. The number of carbonyl (C=O) groups excluding carboxylic acids is 2. The van der Waals surface area contributed by atoms with Crippen molar-refractivity contribution in [2.24, 2.45) is 0 Å². The molecule has 0 unspecified atom stereocenters. The molecule has 2 rings (SSSR count). The zero-order chi connectivity index (χ0) is 11.5. The topological polar surface area (TPSA) is 37.4 Å². The summed E-state index contributed by atoms with van der Waals surface area (Å²) in [7, 11) is 0. The Balaban J connectivity index is 1.98. The van der Waals surface area contributed by atoms with E-state index >= 15 is 0 Å². The van der Waals surface area contributed by atoms with Gasteiger partial charge in [0.1, 0.15) is 5.82 Å². The lowest BCUT2D eigenvalue weighted by atomic mass is 10.1. The van der Waals surface area contributed by atoms with Crippen LogP contribution in [0.2, 0.25) is 0 Å². The Morgan fingerprint density at radius 2 is 1.81 bits per heavy atom. The van der Waals surface area contributed by atoms with Crippen LogP contribution in [0.1, 0.15) is 5.56 Å². The van der Waals surface area contributed by atoms with Gasteiger partial charge < -0.3 is 0 Å². The van der Waals surface area contributed by atoms with E-state index in [2.05, 4.69) is 0 Å². The van der Waals surface area contributed by atoms with Gasteiger partial charge in [-0.3, -0.25) is 14.5 Å². The highest BCUT2D eigenvalue weighted by atomic mass is 19.1. The minimum atomic E-state index is -0.310. The molecule has 0 fully saturated rings. The van der Waals surface area contributed by atoms with Crippen molar-refractivity contribution in [3.63, 3.8) is 0 Å². The molecule has 0 spiro atoms. The van der Waals surface area contributed by atoms with Crippen LogP contribution in [0.15, 0.2) is 36.4 Å². The summed E-state index contributed by atoms with van der Waals surface area (Å²) in [5.74, 6) is -0.919. The zero-order valence-corrected chi connectivity index (χ0v) is 8.52. The van der Waals surface area contributed by atoms with Crippen molar-refractivity contribution < 1.29 is 14.0 Å². The molecule has 0 saturated carbocycles. The number of imide groups is 1. The van der Waals surface area contributed by atoms with Crippen LogP contribution in [0.25, 0.3) is 0 Å². The second kappa shape index (κ2) is 4.26. The molecule has 1 aromatic rings. The largest absolute Gasteiger partial charge is 0.275 e. The number of hydrogen-bond acceptors (Lipinski definition) is 2. The van der Waals surface area contributed by atoms with Gasteiger partial charge in [-0.25, -0.2) is 4.39 Å². The lowest BCUT2D eigenvalue weighted by molar-refractivity contribution is -0.136. The van der Waals surface area contributed by atoms with E-state index in [4.69, 9.17) is 0 Å². The van der Waals surface area contributed by atoms with E-state index in [1.54, 1.807) is 12.1 Å². The van der Waals surface area contributed by atoms with E-state index in [1.807, 2.05) is 0 Å². The zero-order valence-electron chi connectivity index (χ0n) is 8.52. The Labute approximate surface area is 92.2 Å². The second-order valence-corrected chi connectivity index (χ2v) is 3.54. The van der Waals surface area contributed by atoms with Gasteiger partial charge in [-0.15, -0.1) is 0 Å². The monoisotopic (exact) mass is 219 g/mol. The van der Waals surface area contributed by atoms with Crippen LogP contribution in [-0.2, 0) is 16.0 Å². The second-order valence-electron chi connectivity index (χ2n) is 3.54. The van der Waals surface area contributed by atoms with E-state index in [0.29, 0.717) is 6.42 Å². The van der Waals surface area contributed by atoms with E-state index in [1.165, 1.54) is 24.3 Å². The summed E-state index contributed by atoms with van der Waals surface area (Å²) in [6, 6.07) is 6.13. The van der Waals surface area contributed by atoms with Crippen LogP contribution in [0, 0.1) is 5.82 Å². The molecular weight excluding hydrogens is 209 g/mol. The highest BCUT2D eigenvalue weighted by Crippen LogP contribution is 2.08. The highest BCUT2D eigenvalue weighted by Gasteiger charge is 2.22. The smallest absolute Gasteiger partial charge is 0.253 e. The van der Waals surface area contributed by atoms with Crippen LogP contribution in [0.4, 0.5) is 4.39 Å². The maximum atomic E-state index is 12.9. The average Bonchev–Trinajstić information content (AvgIpc) is 2.56. The predicted octanol–water partition coefficient (Wildman–Crippen LogP) is 1.29. The molecule has 1 aliphatic heterocycles. The van der Waals surface area contributed by atoms with Crippen molar-refractivity contribution in [3.8, 4) is 0 Å². The van der Waals surface area contributed by atoms with E-state index in [0.717, 1.165) is 10.5 Å². The summed E-state index contributed by atoms with van der Waals surface area (Å²) in [5.41, 5.74) is 0.771. The van der Waals surface area contributed by atoms with Gasteiger partial charge in [0.15, 0.2) is 0 Å². The van der Waals surface area contributed by atoms with Gasteiger partial charge in [-0.05, 0) is 24.1 Å². The average molecular weight is 219 g/mol. The first kappa shape index (κ1) is 10.5. The van der Waals surface area contributed by atoms with Crippen LogP contribution >= 0.6 is 0 Å². The number of carbonyl (C=O) groups is 2. The molecule has 16 heavy (non-hydrogen) atoms. The SMILES string of the molecule is O=C1C=CC(=O)N1CCc1cccc(F)c1. The lowest BCUT2D eigenvalue weighted by Crippen LogP contribution is -2.31. The normalized spacial score (nSPS) is 14.9. The Morgan fingerprint density at radius 3 is 2.44 bits per heavy atom. The molecule has 0 aromatic heterocycles. The summed E-state index contributed by atoms with van der Waals surface area (Å²) in [4.78, 5) is 23.6. The predicted molar refractivity (Wildman–Crippen MR) is 56.0 cm³/mol. The fourth-order valence-corrected chi connectivity index (χ4v) is 1.58. The van der Waals surface area contributed by atoms with Crippen LogP contribution in [0.3, 0.4) is 0 Å². The molecule has 0 atom stereocenters. The van der Waals surface area contributed by atoms with E-state index in [9.17, 15) is 14.0 Å². The number of benzene rings is 1. The number of amides is 2. The lowest BCUT2D eigenvalue weighted by Gasteiger charge is -2.13. The Morgan fingerprint density at radius 1 is 1.12 bits per heavy atom. The Kier molecular flexibility index (Phi) is 2.81. The van der Waals surface area contributed by atoms with Gasteiger partial charge >= 0.3 is 0 Å². The van der Waals surface area contributed by atoms with E-state index < -0.39 is 0 Å². The van der Waals surface area contributed by atoms with Gasteiger partial charge in [-0.2, -0.15) is 0 Å². The third-order valence-corrected chi connectivity index (χ3v) is 2.41. The molecule has 1 aliphatic rings. The molecule has 4 heteroatoms. The Bertz CT molecular complexity index is 450. The summed E-state index contributed by atoms with van der Waals surface area (Å²) in [5, 5.41) is 0. The summed E-state index contributed by atoms with van der Waals surface area (Å²) >= 11 is 0. The van der Waals surface area contributed by atoms with Crippen molar-refractivity contribution in [2.45, 2.75) is 6.42 Å². The third kappa shape index (κ3) is 2.16. The van der Waals surface area contributed by atoms with Crippen molar-refractivity contribution in [1.29, 1.82) is 0 Å². The van der Waals surface area contributed by atoms with Crippen LogP contribution in [-0.4, -0.2) is 23.3 Å². The van der Waals surface area contributed by atoms with Gasteiger partial charge in [-0.1, -0.05) is 12.1 Å². The molecular formula is C12H10FNO2. The third-order valence-electron chi connectivity index (χ3n) is 2.41. The van der Waals surface area contributed by atoms with Gasteiger partial charge in [0.05, 0.1) is 0 Å². The molecule has 0 saturated heterocycles. The minimum absolute atomic E-state index is 0.286. The number of nitrogens with zero attached hydrogens (tertiary/aromatic N) is 1. The molecule has 0 radical (unpaired) electrons. The summed E-state index contributed by atoms with van der Waals surface area (Å²) in [6.45, 7) is 0.286. The fourth-order valence-electron chi connectivity index (χ4n) is 1.58. The molecule has 0 bridgehead atoms. The van der Waals surface area contributed by atoms with Crippen molar-refractivity contribution in [3.05, 3.63) is 47.8 Å². The Hall–Kier alpha value is -1.97. The molecule has 82 valence electrons. The minimum Gasteiger partial charge on any atom is -0.275 e. The van der Waals surface area contributed by atoms with Crippen molar-refractivity contribution in [1.82, 2.24) is 4.90 Å². The number of halogens is 1. The van der Waals surface area contributed by atoms with Crippen LogP contribution < -0.4 is 0 Å². The van der Waals surface area contributed by atoms with Gasteiger partial charge in [0.25, 0.3) is 11.8 Å². The van der Waals surface area contributed by atoms with Crippen molar-refractivity contribution >= 4 is 11.8 Å². The van der Waals surface area contributed by atoms with Gasteiger partial charge in [0.2, 0.25) is 0 Å². The molecule has 3 nitrogen and oxygen atoms in total. The highest BCUT2D eigenvalue weighted by molar-refractivity contribution is 6.12. The first-order valence-electron chi connectivity index (χ1n) is 4.95. The first-order valence-corrected chi connectivity index (χ1v) is 4.95. The maximum Gasteiger partial charge on any atom is 0.253 e. The first-order chi connectivity index (χ1) is 7.66. The van der Waals surface area contributed by atoms with Crippen molar-refractivity contribution in [2.75, 3.05) is 6.54 Å².